The molecule has 0 saturated heterocycles. The SMILES string of the molecule is COC(=O)Cn1nnnc1Sc1ncncc1I. The molecule has 0 N–H and O–H groups in total. The maximum Gasteiger partial charge on any atom is 0.327 e. The highest BCUT2D eigenvalue weighted by molar-refractivity contribution is 14.1. The van der Waals surface area contributed by atoms with E-state index in [0.29, 0.717) is 5.16 Å². The Hall–Kier alpha value is -1.30. The second kappa shape index (κ2) is 6.04. The summed E-state index contributed by atoms with van der Waals surface area (Å²) in [5.41, 5.74) is 0. The van der Waals surface area contributed by atoms with Gasteiger partial charge in [0, 0.05) is 6.20 Å². The van der Waals surface area contributed by atoms with Crippen LogP contribution in [-0.2, 0) is 16.1 Å². The van der Waals surface area contributed by atoms with Gasteiger partial charge in [-0.3, -0.25) is 4.79 Å². The third-order valence-electron chi connectivity index (χ3n) is 1.83. The second-order valence-corrected chi connectivity index (χ2v) is 5.09. The normalized spacial score (nSPS) is 10.3. The number of esters is 1. The topological polar surface area (TPSA) is 95.7 Å². The summed E-state index contributed by atoms with van der Waals surface area (Å²) in [5.74, 6) is -0.415. The summed E-state index contributed by atoms with van der Waals surface area (Å²) < 4.78 is 6.80. The van der Waals surface area contributed by atoms with Crippen molar-refractivity contribution in [2.75, 3.05) is 7.11 Å². The van der Waals surface area contributed by atoms with Crippen molar-refractivity contribution in [1.82, 2.24) is 30.2 Å². The Morgan fingerprint density at radius 1 is 1.61 bits per heavy atom. The lowest BCUT2D eigenvalue weighted by Crippen LogP contribution is -2.13. The fourth-order valence-electron chi connectivity index (χ4n) is 1.02. The number of hydrogen-bond acceptors (Lipinski definition) is 8. The molecule has 0 fully saturated rings. The molecule has 8 nitrogen and oxygen atoms in total. The molecule has 94 valence electrons. The monoisotopic (exact) mass is 378 g/mol. The van der Waals surface area contributed by atoms with Crippen LogP contribution in [0.15, 0.2) is 22.7 Å². The molecule has 2 rings (SSSR count). The highest BCUT2D eigenvalue weighted by Crippen LogP contribution is 2.26. The van der Waals surface area contributed by atoms with Crippen LogP contribution >= 0.6 is 34.4 Å². The van der Waals surface area contributed by atoms with Gasteiger partial charge < -0.3 is 4.74 Å². The summed E-state index contributed by atoms with van der Waals surface area (Å²) >= 11 is 3.37. The molecule has 0 unspecified atom stereocenters. The number of methoxy groups -OCH3 is 1. The maximum absolute atomic E-state index is 11.2. The molecule has 2 heterocycles. The molecule has 0 bridgehead atoms. The molecule has 2 aromatic heterocycles. The van der Waals surface area contributed by atoms with Crippen molar-refractivity contribution in [3.63, 3.8) is 0 Å². The Labute approximate surface area is 120 Å². The molecule has 0 aliphatic rings. The van der Waals surface area contributed by atoms with E-state index in [9.17, 15) is 4.79 Å². The third kappa shape index (κ3) is 3.13. The fraction of sp³-hybridized carbons (Fsp3) is 0.250. The number of aromatic nitrogens is 6. The Morgan fingerprint density at radius 3 is 3.17 bits per heavy atom. The van der Waals surface area contributed by atoms with Crippen LogP contribution in [-0.4, -0.2) is 43.3 Å². The molecule has 2 aromatic rings. The molecule has 0 amide bonds. The minimum Gasteiger partial charge on any atom is -0.468 e. The van der Waals surface area contributed by atoms with Crippen LogP contribution in [0.2, 0.25) is 0 Å². The van der Waals surface area contributed by atoms with Gasteiger partial charge in [-0.2, -0.15) is 0 Å². The van der Waals surface area contributed by atoms with Crippen LogP contribution in [0.4, 0.5) is 0 Å². The predicted octanol–water partition coefficient (Wildman–Crippen LogP) is 0.392. The lowest BCUT2D eigenvalue weighted by Gasteiger charge is -2.03. The number of nitrogens with zero attached hydrogens (tertiary/aromatic N) is 6. The Kier molecular flexibility index (Phi) is 4.41. The van der Waals surface area contributed by atoms with Crippen molar-refractivity contribution in [3.8, 4) is 0 Å². The van der Waals surface area contributed by atoms with Crippen LogP contribution in [0.1, 0.15) is 0 Å². The molecule has 0 aliphatic heterocycles. The molecule has 0 aliphatic carbocycles. The van der Waals surface area contributed by atoms with E-state index in [0.717, 1.165) is 8.60 Å². The van der Waals surface area contributed by atoms with Crippen molar-refractivity contribution >= 4 is 40.3 Å². The lowest BCUT2D eigenvalue weighted by molar-refractivity contribution is -0.141. The molecule has 0 spiro atoms. The number of carbonyl (C=O) groups excluding carboxylic acids is 1. The summed E-state index contributed by atoms with van der Waals surface area (Å²) in [5, 5.41) is 12.3. The second-order valence-electron chi connectivity index (χ2n) is 2.97. The molecule has 0 atom stereocenters. The molecule has 0 saturated carbocycles. The minimum absolute atomic E-state index is 0.0342. The van der Waals surface area contributed by atoms with Crippen molar-refractivity contribution in [3.05, 3.63) is 16.1 Å². The van der Waals surface area contributed by atoms with Crippen LogP contribution in [0, 0.1) is 3.57 Å². The lowest BCUT2D eigenvalue weighted by atomic mass is 10.7. The molecule has 10 heteroatoms. The first-order valence-electron chi connectivity index (χ1n) is 4.67. The van der Waals surface area contributed by atoms with Crippen LogP contribution in [0.25, 0.3) is 0 Å². The van der Waals surface area contributed by atoms with Crippen LogP contribution < -0.4 is 0 Å². The van der Waals surface area contributed by atoms with E-state index < -0.39 is 5.97 Å². The van der Waals surface area contributed by atoms with E-state index in [2.05, 4.69) is 52.8 Å². The smallest absolute Gasteiger partial charge is 0.327 e. The van der Waals surface area contributed by atoms with Gasteiger partial charge in [0.25, 0.3) is 0 Å². The van der Waals surface area contributed by atoms with E-state index in [1.165, 1.54) is 29.9 Å². The summed E-state index contributed by atoms with van der Waals surface area (Å²) in [4.78, 5) is 19.2. The molecule has 18 heavy (non-hydrogen) atoms. The summed E-state index contributed by atoms with van der Waals surface area (Å²) in [6, 6.07) is 0. The first kappa shape index (κ1) is 13.1. The van der Waals surface area contributed by atoms with E-state index in [1.54, 1.807) is 6.20 Å². The largest absolute Gasteiger partial charge is 0.468 e. The van der Waals surface area contributed by atoms with Crippen molar-refractivity contribution in [2.24, 2.45) is 0 Å². The Balaban J connectivity index is 2.18. The van der Waals surface area contributed by atoms with Gasteiger partial charge in [-0.15, -0.1) is 5.10 Å². The van der Waals surface area contributed by atoms with Gasteiger partial charge in [0.2, 0.25) is 5.16 Å². The zero-order chi connectivity index (χ0) is 13.0. The summed E-state index contributed by atoms with van der Waals surface area (Å²) in [6.45, 7) is -0.0342. The van der Waals surface area contributed by atoms with Gasteiger partial charge in [0.1, 0.15) is 17.9 Å². The Morgan fingerprint density at radius 2 is 2.44 bits per heavy atom. The number of halogens is 1. The summed E-state index contributed by atoms with van der Waals surface area (Å²) in [6.07, 6.45) is 3.13. The van der Waals surface area contributed by atoms with E-state index in [4.69, 9.17) is 0 Å². The predicted molar refractivity (Wildman–Crippen MR) is 68.7 cm³/mol. The van der Waals surface area contributed by atoms with Gasteiger partial charge >= 0.3 is 5.97 Å². The number of hydrogen-bond donors (Lipinski definition) is 0. The van der Waals surface area contributed by atoms with Gasteiger partial charge in [-0.1, -0.05) is 0 Å². The average molecular weight is 378 g/mol. The minimum atomic E-state index is -0.415. The highest BCUT2D eigenvalue weighted by atomic mass is 127. The number of carbonyl (C=O) groups is 1. The standard InChI is InChI=1S/C8H7IN6O2S/c1-17-6(16)3-15-8(12-13-14-15)18-7-5(9)2-10-4-11-7/h2,4H,3H2,1H3. The summed E-state index contributed by atoms with van der Waals surface area (Å²) in [7, 11) is 1.31. The Bertz CT molecular complexity index is 562. The molecular formula is C8H7IN6O2S. The van der Waals surface area contributed by atoms with Gasteiger partial charge in [0.05, 0.1) is 10.7 Å². The van der Waals surface area contributed by atoms with E-state index in [1.807, 2.05) is 0 Å². The fourth-order valence-corrected chi connectivity index (χ4v) is 2.36. The molecular weight excluding hydrogens is 371 g/mol. The number of rotatable bonds is 4. The first-order valence-corrected chi connectivity index (χ1v) is 6.56. The number of tetrazole rings is 1. The first-order chi connectivity index (χ1) is 8.70. The van der Waals surface area contributed by atoms with Crippen LogP contribution in [0.3, 0.4) is 0 Å². The maximum atomic E-state index is 11.2. The zero-order valence-electron chi connectivity index (χ0n) is 9.15. The van der Waals surface area contributed by atoms with Gasteiger partial charge in [-0.25, -0.2) is 14.6 Å². The van der Waals surface area contributed by atoms with Crippen molar-refractivity contribution < 1.29 is 9.53 Å². The highest BCUT2D eigenvalue weighted by Gasteiger charge is 2.14. The van der Waals surface area contributed by atoms with Gasteiger partial charge in [0.15, 0.2) is 0 Å². The van der Waals surface area contributed by atoms with E-state index in [-0.39, 0.29) is 6.54 Å². The van der Waals surface area contributed by atoms with Crippen molar-refractivity contribution in [1.29, 1.82) is 0 Å². The molecule has 0 radical (unpaired) electrons. The quantitative estimate of drug-likeness (QED) is 0.429. The van der Waals surface area contributed by atoms with Crippen molar-refractivity contribution in [2.45, 2.75) is 16.7 Å². The van der Waals surface area contributed by atoms with E-state index >= 15 is 0 Å². The molecule has 0 aromatic carbocycles. The van der Waals surface area contributed by atoms with Gasteiger partial charge in [-0.05, 0) is 44.8 Å². The third-order valence-corrected chi connectivity index (χ3v) is 3.98. The number of ether oxygens (including phenoxy) is 1. The zero-order valence-corrected chi connectivity index (χ0v) is 12.1. The van der Waals surface area contributed by atoms with Crippen LogP contribution in [0.5, 0.6) is 0 Å². The average Bonchev–Trinajstić information content (AvgIpc) is 2.79.